The van der Waals surface area contributed by atoms with Crippen molar-refractivity contribution in [2.75, 3.05) is 25.6 Å². The van der Waals surface area contributed by atoms with Crippen LogP contribution in [0.2, 0.25) is 0 Å². The molecule has 0 N–H and O–H groups in total. The number of rotatable bonds is 4. The van der Waals surface area contributed by atoms with Crippen LogP contribution in [0.3, 0.4) is 0 Å². The lowest BCUT2D eigenvalue weighted by atomic mass is 10.2. The second kappa shape index (κ2) is 5.44. The smallest absolute Gasteiger partial charge is 0.222 e. The first-order valence-electron chi connectivity index (χ1n) is 5.80. The van der Waals surface area contributed by atoms with Gasteiger partial charge in [0.15, 0.2) is 0 Å². The predicted octanol–water partition coefficient (Wildman–Crippen LogP) is 2.00. The fourth-order valence-corrected chi connectivity index (χ4v) is 1.54. The number of nitrogens with zero attached hydrogens (tertiary/aromatic N) is 4. The molecule has 0 unspecified atom stereocenters. The van der Waals surface area contributed by atoms with Crippen LogP contribution in [0.5, 0.6) is 5.88 Å². The first kappa shape index (κ1) is 12.3. The van der Waals surface area contributed by atoms with E-state index in [0.29, 0.717) is 12.5 Å². The lowest BCUT2D eigenvalue weighted by molar-refractivity contribution is 0.328. The Labute approximate surface area is 106 Å². The number of hydrogen-bond donors (Lipinski definition) is 0. The molecule has 0 bridgehead atoms. The zero-order valence-corrected chi connectivity index (χ0v) is 10.8. The summed E-state index contributed by atoms with van der Waals surface area (Å²) in [6, 6.07) is 3.79. The van der Waals surface area contributed by atoms with Gasteiger partial charge in [-0.05, 0) is 19.1 Å². The summed E-state index contributed by atoms with van der Waals surface area (Å²) in [4.78, 5) is 14.9. The number of aromatic nitrogens is 3. The van der Waals surface area contributed by atoms with E-state index in [1.807, 2.05) is 38.1 Å². The highest BCUT2D eigenvalue weighted by molar-refractivity contribution is 5.65. The normalized spacial score (nSPS) is 10.2. The van der Waals surface area contributed by atoms with E-state index in [2.05, 4.69) is 15.0 Å². The molecule has 2 heterocycles. The van der Waals surface area contributed by atoms with Crippen molar-refractivity contribution in [2.24, 2.45) is 0 Å². The predicted molar refractivity (Wildman–Crippen MR) is 70.8 cm³/mol. The summed E-state index contributed by atoms with van der Waals surface area (Å²) in [7, 11) is 3.86. The van der Waals surface area contributed by atoms with Crippen molar-refractivity contribution in [3.63, 3.8) is 0 Å². The minimum absolute atomic E-state index is 0.574. The maximum atomic E-state index is 5.50. The van der Waals surface area contributed by atoms with Crippen molar-refractivity contribution < 1.29 is 4.74 Å². The Morgan fingerprint density at radius 3 is 2.83 bits per heavy atom. The van der Waals surface area contributed by atoms with Gasteiger partial charge in [0.1, 0.15) is 5.82 Å². The molecule has 0 aliphatic heterocycles. The molecule has 0 amide bonds. The molecule has 0 aromatic carbocycles. The Kier molecular flexibility index (Phi) is 3.72. The molecule has 0 spiro atoms. The summed E-state index contributed by atoms with van der Waals surface area (Å²) in [6.07, 6.45) is 5.14. The van der Waals surface area contributed by atoms with Gasteiger partial charge in [0, 0.05) is 20.3 Å². The monoisotopic (exact) mass is 244 g/mol. The highest BCUT2D eigenvalue weighted by Crippen LogP contribution is 2.26. The summed E-state index contributed by atoms with van der Waals surface area (Å²) in [5, 5.41) is 0. The minimum Gasteiger partial charge on any atom is -0.477 e. The molecular formula is C13H16N4O. The van der Waals surface area contributed by atoms with Gasteiger partial charge in [0.25, 0.3) is 0 Å². The van der Waals surface area contributed by atoms with Gasteiger partial charge in [-0.15, -0.1) is 0 Å². The molecule has 0 saturated heterocycles. The molecule has 0 aliphatic rings. The topological polar surface area (TPSA) is 51.1 Å². The van der Waals surface area contributed by atoms with Gasteiger partial charge in [-0.1, -0.05) is 0 Å². The van der Waals surface area contributed by atoms with Crippen LogP contribution in [0.25, 0.3) is 11.3 Å². The Bertz CT molecular complexity index is 528. The third-order valence-electron chi connectivity index (χ3n) is 2.41. The summed E-state index contributed by atoms with van der Waals surface area (Å²) in [5.41, 5.74) is 1.62. The number of ether oxygens (including phenoxy) is 1. The lowest BCUT2D eigenvalue weighted by Crippen LogP contribution is -2.11. The molecule has 0 atom stereocenters. The van der Waals surface area contributed by atoms with Crippen molar-refractivity contribution in [3.8, 4) is 17.1 Å². The number of pyridine rings is 1. The van der Waals surface area contributed by atoms with Crippen LogP contribution in [0.1, 0.15) is 6.92 Å². The quantitative estimate of drug-likeness (QED) is 0.823. The Hall–Kier alpha value is -2.17. The molecule has 0 radical (unpaired) electrons. The Morgan fingerprint density at radius 1 is 1.28 bits per heavy atom. The van der Waals surface area contributed by atoms with Crippen molar-refractivity contribution in [1.29, 1.82) is 0 Å². The fraction of sp³-hybridized carbons (Fsp3) is 0.308. The third kappa shape index (κ3) is 2.56. The SMILES string of the molecule is CCOc1ncccc1-c1cncc(N(C)C)n1. The Balaban J connectivity index is 2.45. The average molecular weight is 244 g/mol. The van der Waals surface area contributed by atoms with Gasteiger partial charge in [-0.2, -0.15) is 0 Å². The van der Waals surface area contributed by atoms with E-state index in [4.69, 9.17) is 4.74 Å². The van der Waals surface area contributed by atoms with Gasteiger partial charge >= 0.3 is 0 Å². The van der Waals surface area contributed by atoms with Gasteiger partial charge in [0.05, 0.1) is 30.3 Å². The molecule has 2 rings (SSSR count). The largest absolute Gasteiger partial charge is 0.477 e. The molecule has 2 aromatic rings. The molecule has 0 saturated carbocycles. The fourth-order valence-electron chi connectivity index (χ4n) is 1.54. The van der Waals surface area contributed by atoms with Gasteiger partial charge < -0.3 is 9.64 Å². The standard InChI is InChI=1S/C13H16N4O/c1-4-18-13-10(6-5-7-15-13)11-8-14-9-12(16-11)17(2)3/h5-9H,4H2,1-3H3. The van der Waals surface area contributed by atoms with Crippen molar-refractivity contribution in [2.45, 2.75) is 6.92 Å². The van der Waals surface area contributed by atoms with E-state index in [1.165, 1.54) is 0 Å². The van der Waals surface area contributed by atoms with Crippen LogP contribution in [-0.4, -0.2) is 35.7 Å². The molecule has 18 heavy (non-hydrogen) atoms. The first-order valence-corrected chi connectivity index (χ1v) is 5.80. The molecular weight excluding hydrogens is 228 g/mol. The molecule has 2 aromatic heterocycles. The van der Waals surface area contributed by atoms with Crippen LogP contribution in [-0.2, 0) is 0 Å². The maximum absolute atomic E-state index is 5.50. The zero-order chi connectivity index (χ0) is 13.0. The lowest BCUT2D eigenvalue weighted by Gasteiger charge is -2.12. The van der Waals surface area contributed by atoms with Crippen molar-refractivity contribution in [1.82, 2.24) is 15.0 Å². The second-order valence-corrected chi connectivity index (χ2v) is 3.95. The summed E-state index contributed by atoms with van der Waals surface area (Å²) < 4.78 is 5.50. The molecule has 5 nitrogen and oxygen atoms in total. The van der Waals surface area contributed by atoms with E-state index in [0.717, 1.165) is 17.1 Å². The van der Waals surface area contributed by atoms with E-state index < -0.39 is 0 Å². The first-order chi connectivity index (χ1) is 8.72. The summed E-state index contributed by atoms with van der Waals surface area (Å²) >= 11 is 0. The zero-order valence-electron chi connectivity index (χ0n) is 10.8. The maximum Gasteiger partial charge on any atom is 0.222 e. The average Bonchev–Trinajstić information content (AvgIpc) is 2.40. The molecule has 0 fully saturated rings. The van der Waals surface area contributed by atoms with Crippen molar-refractivity contribution in [3.05, 3.63) is 30.7 Å². The summed E-state index contributed by atoms with van der Waals surface area (Å²) in [6.45, 7) is 2.51. The highest BCUT2D eigenvalue weighted by Gasteiger charge is 2.09. The van der Waals surface area contributed by atoms with Crippen LogP contribution < -0.4 is 9.64 Å². The highest BCUT2D eigenvalue weighted by atomic mass is 16.5. The van der Waals surface area contributed by atoms with E-state index in [1.54, 1.807) is 18.6 Å². The second-order valence-electron chi connectivity index (χ2n) is 3.95. The van der Waals surface area contributed by atoms with Crippen LogP contribution in [0.15, 0.2) is 30.7 Å². The summed E-state index contributed by atoms with van der Waals surface area (Å²) in [5.74, 6) is 1.39. The Morgan fingerprint density at radius 2 is 2.11 bits per heavy atom. The van der Waals surface area contributed by atoms with Gasteiger partial charge in [-0.25, -0.2) is 9.97 Å². The molecule has 5 heteroatoms. The van der Waals surface area contributed by atoms with Crippen LogP contribution >= 0.6 is 0 Å². The van der Waals surface area contributed by atoms with Crippen molar-refractivity contribution >= 4 is 5.82 Å². The molecule has 94 valence electrons. The third-order valence-corrected chi connectivity index (χ3v) is 2.41. The van der Waals surface area contributed by atoms with Gasteiger partial charge in [0.2, 0.25) is 5.88 Å². The van der Waals surface area contributed by atoms with E-state index in [-0.39, 0.29) is 0 Å². The van der Waals surface area contributed by atoms with Crippen LogP contribution in [0.4, 0.5) is 5.82 Å². The number of anilines is 1. The minimum atomic E-state index is 0.574. The number of hydrogen-bond acceptors (Lipinski definition) is 5. The van der Waals surface area contributed by atoms with E-state index >= 15 is 0 Å². The van der Waals surface area contributed by atoms with Gasteiger partial charge in [-0.3, -0.25) is 4.98 Å². The van der Waals surface area contributed by atoms with E-state index in [9.17, 15) is 0 Å². The molecule has 0 aliphatic carbocycles. The van der Waals surface area contributed by atoms with Crippen LogP contribution in [0, 0.1) is 0 Å².